The maximum Gasteiger partial charge on any atom is 0.233 e. The lowest BCUT2D eigenvalue weighted by molar-refractivity contribution is -0.140. The van der Waals surface area contributed by atoms with E-state index in [1.165, 1.54) is 11.8 Å². The third-order valence-corrected chi connectivity index (χ3v) is 5.03. The third kappa shape index (κ3) is 4.19. The number of nitrogens with zero attached hydrogens (tertiary/aromatic N) is 5. The molecule has 1 fully saturated rings. The van der Waals surface area contributed by atoms with Crippen molar-refractivity contribution in [3.63, 3.8) is 0 Å². The van der Waals surface area contributed by atoms with Crippen LogP contribution >= 0.6 is 11.8 Å². The minimum absolute atomic E-state index is 0.0676. The maximum atomic E-state index is 12.5. The monoisotopic (exact) mass is 361 g/mol. The van der Waals surface area contributed by atoms with Crippen molar-refractivity contribution in [3.05, 3.63) is 29.3 Å². The average molecular weight is 361 g/mol. The van der Waals surface area contributed by atoms with Crippen LogP contribution in [0.2, 0.25) is 0 Å². The van der Waals surface area contributed by atoms with E-state index >= 15 is 0 Å². The Morgan fingerprint density at radius 1 is 1.28 bits per heavy atom. The van der Waals surface area contributed by atoms with Crippen LogP contribution in [0.3, 0.4) is 0 Å². The standard InChI is InChI=1S/C17H23N5O2S/c1-11-5-6-12(2)15(7-11)22-17(18-19-20-22)25-10-16(23)21-8-13(3)24-14(4)9-21/h5-7,13-14H,8-10H2,1-4H3/t13-,14-/m1/s1. The van der Waals surface area contributed by atoms with Crippen molar-refractivity contribution in [1.29, 1.82) is 0 Å². The van der Waals surface area contributed by atoms with Crippen LogP contribution in [-0.4, -0.2) is 62.1 Å². The second-order valence-electron chi connectivity index (χ2n) is 6.51. The summed E-state index contributed by atoms with van der Waals surface area (Å²) < 4.78 is 7.38. The minimum atomic E-state index is 0.0676. The van der Waals surface area contributed by atoms with E-state index in [1.807, 2.05) is 44.7 Å². The van der Waals surface area contributed by atoms with Crippen molar-refractivity contribution in [2.75, 3.05) is 18.8 Å². The van der Waals surface area contributed by atoms with Crippen LogP contribution in [0.1, 0.15) is 25.0 Å². The number of benzene rings is 1. The lowest BCUT2D eigenvalue weighted by Gasteiger charge is -2.35. The molecule has 3 rings (SSSR count). The summed E-state index contributed by atoms with van der Waals surface area (Å²) in [6, 6.07) is 6.14. The van der Waals surface area contributed by atoms with E-state index in [0.717, 1.165) is 16.8 Å². The zero-order valence-electron chi connectivity index (χ0n) is 15.0. The normalized spacial score (nSPS) is 20.7. The lowest BCUT2D eigenvalue weighted by Crippen LogP contribution is -2.48. The average Bonchev–Trinajstić information content (AvgIpc) is 3.02. The number of hydrogen-bond donors (Lipinski definition) is 0. The number of rotatable bonds is 4. The second kappa shape index (κ2) is 7.53. The molecule has 2 aromatic rings. The highest BCUT2D eigenvalue weighted by atomic mass is 32.2. The molecule has 0 bridgehead atoms. The van der Waals surface area contributed by atoms with Gasteiger partial charge in [-0.1, -0.05) is 23.9 Å². The number of ether oxygens (including phenoxy) is 1. The van der Waals surface area contributed by atoms with E-state index in [-0.39, 0.29) is 18.1 Å². The molecule has 1 aliphatic heterocycles. The summed E-state index contributed by atoms with van der Waals surface area (Å²) in [6.07, 6.45) is 0.135. The van der Waals surface area contributed by atoms with Gasteiger partial charge in [0.15, 0.2) is 0 Å². The first-order valence-electron chi connectivity index (χ1n) is 8.36. The molecule has 0 spiro atoms. The van der Waals surface area contributed by atoms with E-state index in [2.05, 4.69) is 21.6 Å². The first-order valence-corrected chi connectivity index (χ1v) is 9.34. The Morgan fingerprint density at radius 2 is 2.00 bits per heavy atom. The molecule has 25 heavy (non-hydrogen) atoms. The Labute approximate surface area is 151 Å². The predicted octanol–water partition coefficient (Wildman–Crippen LogP) is 2.01. The fraction of sp³-hybridized carbons (Fsp3) is 0.529. The topological polar surface area (TPSA) is 73.1 Å². The number of morpholine rings is 1. The van der Waals surface area contributed by atoms with E-state index in [4.69, 9.17) is 4.74 Å². The van der Waals surface area contributed by atoms with E-state index in [0.29, 0.717) is 24.0 Å². The van der Waals surface area contributed by atoms with Gasteiger partial charge in [-0.05, 0) is 55.3 Å². The molecule has 1 aromatic heterocycles. The number of amides is 1. The molecule has 7 nitrogen and oxygen atoms in total. The molecule has 1 aromatic carbocycles. The summed E-state index contributed by atoms with van der Waals surface area (Å²) in [7, 11) is 0. The van der Waals surface area contributed by atoms with Crippen LogP contribution < -0.4 is 0 Å². The number of carbonyl (C=O) groups is 1. The smallest absolute Gasteiger partial charge is 0.233 e. The van der Waals surface area contributed by atoms with Gasteiger partial charge in [-0.2, -0.15) is 4.68 Å². The molecule has 1 amide bonds. The van der Waals surface area contributed by atoms with Crippen LogP contribution in [-0.2, 0) is 9.53 Å². The molecule has 2 atom stereocenters. The molecule has 8 heteroatoms. The largest absolute Gasteiger partial charge is 0.372 e. The van der Waals surface area contributed by atoms with Gasteiger partial charge < -0.3 is 9.64 Å². The van der Waals surface area contributed by atoms with Crippen molar-refractivity contribution in [1.82, 2.24) is 25.1 Å². The van der Waals surface area contributed by atoms with Gasteiger partial charge in [0.05, 0.1) is 23.6 Å². The molecular formula is C17H23N5O2S. The molecule has 0 radical (unpaired) electrons. The van der Waals surface area contributed by atoms with Gasteiger partial charge in [0.25, 0.3) is 0 Å². The summed E-state index contributed by atoms with van der Waals surface area (Å²) in [5.41, 5.74) is 3.16. The molecule has 1 saturated heterocycles. The Kier molecular flexibility index (Phi) is 5.39. The van der Waals surface area contributed by atoms with Crippen LogP contribution in [0.25, 0.3) is 5.69 Å². The fourth-order valence-corrected chi connectivity index (χ4v) is 3.75. The minimum Gasteiger partial charge on any atom is -0.372 e. The molecule has 0 saturated carbocycles. The Hall–Kier alpha value is -1.93. The maximum absolute atomic E-state index is 12.5. The summed E-state index contributed by atoms with van der Waals surface area (Å²) in [4.78, 5) is 14.4. The third-order valence-electron chi connectivity index (χ3n) is 4.13. The van der Waals surface area contributed by atoms with Crippen molar-refractivity contribution in [2.45, 2.75) is 45.1 Å². The van der Waals surface area contributed by atoms with Gasteiger partial charge in [-0.25, -0.2) is 0 Å². The van der Waals surface area contributed by atoms with Gasteiger partial charge in [-0.3, -0.25) is 4.79 Å². The van der Waals surface area contributed by atoms with Crippen molar-refractivity contribution < 1.29 is 9.53 Å². The second-order valence-corrected chi connectivity index (χ2v) is 7.45. The SMILES string of the molecule is Cc1ccc(C)c(-n2nnnc2SCC(=O)N2C[C@@H](C)O[C@H](C)C2)c1. The Balaban J connectivity index is 1.70. The molecular weight excluding hydrogens is 338 g/mol. The van der Waals surface area contributed by atoms with Crippen molar-refractivity contribution in [3.8, 4) is 5.69 Å². The highest BCUT2D eigenvalue weighted by Gasteiger charge is 2.26. The first-order chi connectivity index (χ1) is 11.9. The molecule has 1 aliphatic rings. The van der Waals surface area contributed by atoms with E-state index < -0.39 is 0 Å². The fourth-order valence-electron chi connectivity index (χ4n) is 2.97. The molecule has 0 N–H and O–H groups in total. The van der Waals surface area contributed by atoms with Crippen LogP contribution in [0.4, 0.5) is 0 Å². The van der Waals surface area contributed by atoms with Crippen molar-refractivity contribution >= 4 is 17.7 Å². The zero-order chi connectivity index (χ0) is 18.0. The van der Waals surface area contributed by atoms with Gasteiger partial charge in [0.1, 0.15) is 0 Å². The number of tetrazole rings is 1. The highest BCUT2D eigenvalue weighted by Crippen LogP contribution is 2.22. The summed E-state index contributed by atoms with van der Waals surface area (Å²) >= 11 is 1.36. The molecule has 0 unspecified atom stereocenters. The highest BCUT2D eigenvalue weighted by molar-refractivity contribution is 7.99. The summed E-state index contributed by atoms with van der Waals surface area (Å²) in [5, 5.41) is 12.6. The van der Waals surface area contributed by atoms with Crippen LogP contribution in [0.15, 0.2) is 23.4 Å². The van der Waals surface area contributed by atoms with Crippen LogP contribution in [0, 0.1) is 13.8 Å². The van der Waals surface area contributed by atoms with Crippen LogP contribution in [0.5, 0.6) is 0 Å². The summed E-state index contributed by atoms with van der Waals surface area (Å²) in [6.45, 7) is 9.29. The lowest BCUT2D eigenvalue weighted by atomic mass is 10.1. The quantitative estimate of drug-likeness (QED) is 0.776. The number of aromatic nitrogens is 4. The zero-order valence-corrected chi connectivity index (χ0v) is 15.8. The number of carbonyl (C=O) groups excluding carboxylic acids is 1. The number of aryl methyl sites for hydroxylation is 2. The summed E-state index contributed by atoms with van der Waals surface area (Å²) in [5.74, 6) is 0.396. The van der Waals surface area contributed by atoms with Gasteiger partial charge in [0, 0.05) is 13.1 Å². The molecule has 134 valence electrons. The van der Waals surface area contributed by atoms with E-state index in [1.54, 1.807) is 4.68 Å². The Bertz CT molecular complexity index is 753. The number of hydrogen-bond acceptors (Lipinski definition) is 6. The number of thioether (sulfide) groups is 1. The van der Waals surface area contributed by atoms with Gasteiger partial charge >= 0.3 is 0 Å². The first kappa shape index (κ1) is 17.9. The van der Waals surface area contributed by atoms with E-state index in [9.17, 15) is 4.79 Å². The Morgan fingerprint density at radius 3 is 2.72 bits per heavy atom. The molecule has 2 heterocycles. The predicted molar refractivity (Wildman–Crippen MR) is 95.9 cm³/mol. The molecule has 0 aliphatic carbocycles. The van der Waals surface area contributed by atoms with Gasteiger partial charge in [-0.15, -0.1) is 5.10 Å². The van der Waals surface area contributed by atoms with Crippen molar-refractivity contribution in [2.24, 2.45) is 0 Å². The van der Waals surface area contributed by atoms with Gasteiger partial charge in [0.2, 0.25) is 11.1 Å².